The predicted octanol–water partition coefficient (Wildman–Crippen LogP) is 1.64. The Kier molecular flexibility index (Phi) is 3.41. The molecule has 5 nitrogen and oxygen atoms in total. The van der Waals surface area contributed by atoms with Crippen LogP contribution in [-0.4, -0.2) is 22.2 Å². The third kappa shape index (κ3) is 2.52. The zero-order chi connectivity index (χ0) is 13.9. The van der Waals surface area contributed by atoms with Crippen molar-refractivity contribution >= 4 is 11.6 Å². The molecule has 1 aromatic heterocycles. The maximum Gasteiger partial charge on any atom is 0.227 e. The van der Waals surface area contributed by atoms with Gasteiger partial charge in [0, 0.05) is 37.6 Å². The Hall–Kier alpha value is -2.30. The molecule has 20 heavy (non-hydrogen) atoms. The minimum absolute atomic E-state index is 0.0656. The smallest absolute Gasteiger partial charge is 0.227 e. The molecule has 2 N–H and O–H groups in total. The van der Waals surface area contributed by atoms with E-state index in [0.717, 1.165) is 29.8 Å². The lowest BCUT2D eigenvalue weighted by Gasteiger charge is -2.25. The third-order valence-corrected chi connectivity index (χ3v) is 3.63. The molecule has 3 rings (SSSR count). The first-order valence-corrected chi connectivity index (χ1v) is 6.82. The number of nitrogens with one attached hydrogen (secondary N) is 2. The van der Waals surface area contributed by atoms with Crippen LogP contribution in [0.25, 0.3) is 0 Å². The van der Waals surface area contributed by atoms with Crippen LogP contribution in [0.15, 0.2) is 36.7 Å². The van der Waals surface area contributed by atoms with E-state index < -0.39 is 0 Å². The summed E-state index contributed by atoms with van der Waals surface area (Å²) < 4.78 is 1.74. The molecular weight excluding hydrogens is 252 g/mol. The lowest BCUT2D eigenvalue weighted by molar-refractivity contribution is -0.122. The Bertz CT molecular complexity index is 620. The molecule has 1 aliphatic heterocycles. The maximum absolute atomic E-state index is 12.4. The molecule has 0 spiro atoms. The molecule has 0 saturated heterocycles. The standard InChI is InChI=1S/C15H18N4O/c1-19-10-11(9-18-19)8-17-15(20)13-6-7-16-14-5-3-2-4-12(13)14/h2-5,9-10,13,16H,6-8H2,1H3,(H,17,20). The van der Waals surface area contributed by atoms with Crippen LogP contribution in [0.5, 0.6) is 0 Å². The van der Waals surface area contributed by atoms with E-state index in [1.807, 2.05) is 37.5 Å². The number of rotatable bonds is 3. The average molecular weight is 270 g/mol. The van der Waals surface area contributed by atoms with Gasteiger partial charge in [-0.3, -0.25) is 9.48 Å². The SMILES string of the molecule is Cn1cc(CNC(=O)C2CCNc3ccccc32)cn1. The fraction of sp³-hybridized carbons (Fsp3) is 0.333. The van der Waals surface area contributed by atoms with E-state index in [-0.39, 0.29) is 11.8 Å². The van der Waals surface area contributed by atoms with Crippen molar-refractivity contribution < 1.29 is 4.79 Å². The number of anilines is 1. The van der Waals surface area contributed by atoms with Gasteiger partial charge in [0.05, 0.1) is 12.1 Å². The van der Waals surface area contributed by atoms with Crippen molar-refractivity contribution in [2.45, 2.75) is 18.9 Å². The second-order valence-corrected chi connectivity index (χ2v) is 5.10. The molecule has 0 bridgehead atoms. The van der Waals surface area contributed by atoms with Crippen LogP contribution in [0, 0.1) is 0 Å². The van der Waals surface area contributed by atoms with Gasteiger partial charge < -0.3 is 10.6 Å². The Balaban J connectivity index is 1.69. The Morgan fingerprint density at radius 1 is 1.50 bits per heavy atom. The van der Waals surface area contributed by atoms with Crippen LogP contribution in [0.2, 0.25) is 0 Å². The minimum Gasteiger partial charge on any atom is -0.385 e. The van der Waals surface area contributed by atoms with Gasteiger partial charge in [0.25, 0.3) is 0 Å². The number of fused-ring (bicyclic) bond motifs is 1. The van der Waals surface area contributed by atoms with Crippen molar-refractivity contribution in [3.05, 3.63) is 47.8 Å². The Labute approximate surface area is 118 Å². The number of aryl methyl sites for hydroxylation is 1. The van der Waals surface area contributed by atoms with Crippen LogP contribution in [-0.2, 0) is 18.4 Å². The lowest BCUT2D eigenvalue weighted by atomic mass is 9.90. The van der Waals surface area contributed by atoms with Gasteiger partial charge in [0.1, 0.15) is 0 Å². The number of carbonyl (C=O) groups is 1. The minimum atomic E-state index is -0.0656. The molecule has 1 atom stereocenters. The Morgan fingerprint density at radius 3 is 3.15 bits per heavy atom. The predicted molar refractivity (Wildman–Crippen MR) is 77.3 cm³/mol. The third-order valence-electron chi connectivity index (χ3n) is 3.63. The number of aromatic nitrogens is 2. The fourth-order valence-corrected chi connectivity index (χ4v) is 2.62. The molecular formula is C15H18N4O. The summed E-state index contributed by atoms with van der Waals surface area (Å²) in [5, 5.41) is 10.4. The van der Waals surface area contributed by atoms with Gasteiger partial charge in [-0.1, -0.05) is 18.2 Å². The van der Waals surface area contributed by atoms with Crippen LogP contribution in [0.4, 0.5) is 5.69 Å². The van der Waals surface area contributed by atoms with Crippen LogP contribution < -0.4 is 10.6 Å². The molecule has 104 valence electrons. The van der Waals surface area contributed by atoms with Gasteiger partial charge in [-0.15, -0.1) is 0 Å². The van der Waals surface area contributed by atoms with Gasteiger partial charge in [-0.2, -0.15) is 5.10 Å². The molecule has 0 saturated carbocycles. The molecule has 0 aliphatic carbocycles. The van der Waals surface area contributed by atoms with E-state index in [2.05, 4.69) is 15.7 Å². The van der Waals surface area contributed by atoms with Gasteiger partial charge in [0.2, 0.25) is 5.91 Å². The molecule has 5 heteroatoms. The number of nitrogens with zero attached hydrogens (tertiary/aromatic N) is 2. The molecule has 0 radical (unpaired) electrons. The van der Waals surface area contributed by atoms with E-state index in [0.29, 0.717) is 6.54 Å². The second kappa shape index (κ2) is 5.36. The topological polar surface area (TPSA) is 59.0 Å². The number of hydrogen-bond donors (Lipinski definition) is 2. The number of benzene rings is 1. The van der Waals surface area contributed by atoms with Crippen LogP contribution >= 0.6 is 0 Å². The summed E-state index contributed by atoms with van der Waals surface area (Å²) in [5.74, 6) is 0.0203. The zero-order valence-electron chi connectivity index (χ0n) is 11.5. The lowest BCUT2D eigenvalue weighted by Crippen LogP contribution is -2.32. The molecule has 1 unspecified atom stereocenters. The largest absolute Gasteiger partial charge is 0.385 e. The summed E-state index contributed by atoms with van der Waals surface area (Å²) in [6.07, 6.45) is 4.52. The highest BCUT2D eigenvalue weighted by molar-refractivity contribution is 5.86. The van der Waals surface area contributed by atoms with E-state index >= 15 is 0 Å². The number of hydrogen-bond acceptors (Lipinski definition) is 3. The summed E-state index contributed by atoms with van der Waals surface area (Å²) in [4.78, 5) is 12.4. The monoisotopic (exact) mass is 270 g/mol. The normalized spacial score (nSPS) is 17.1. The second-order valence-electron chi connectivity index (χ2n) is 5.10. The summed E-state index contributed by atoms with van der Waals surface area (Å²) in [6, 6.07) is 8.01. The highest BCUT2D eigenvalue weighted by Crippen LogP contribution is 2.31. The Morgan fingerprint density at radius 2 is 2.35 bits per heavy atom. The molecule has 2 aromatic rings. The summed E-state index contributed by atoms with van der Waals surface area (Å²) in [7, 11) is 1.87. The van der Waals surface area contributed by atoms with Crippen molar-refractivity contribution in [3.63, 3.8) is 0 Å². The summed E-state index contributed by atoms with van der Waals surface area (Å²) >= 11 is 0. The van der Waals surface area contributed by atoms with Crippen molar-refractivity contribution in [3.8, 4) is 0 Å². The average Bonchev–Trinajstić information content (AvgIpc) is 2.90. The number of carbonyl (C=O) groups excluding carboxylic acids is 1. The zero-order valence-corrected chi connectivity index (χ0v) is 11.5. The fourth-order valence-electron chi connectivity index (χ4n) is 2.62. The molecule has 1 aromatic carbocycles. The molecule has 2 heterocycles. The van der Waals surface area contributed by atoms with E-state index in [1.54, 1.807) is 10.9 Å². The quantitative estimate of drug-likeness (QED) is 0.891. The number of para-hydroxylation sites is 1. The van der Waals surface area contributed by atoms with Crippen molar-refractivity contribution in [1.82, 2.24) is 15.1 Å². The van der Waals surface area contributed by atoms with Gasteiger partial charge in [0.15, 0.2) is 0 Å². The maximum atomic E-state index is 12.4. The first-order valence-electron chi connectivity index (χ1n) is 6.82. The molecule has 1 aliphatic rings. The van der Waals surface area contributed by atoms with Crippen LogP contribution in [0.3, 0.4) is 0 Å². The van der Waals surface area contributed by atoms with Gasteiger partial charge in [-0.25, -0.2) is 0 Å². The molecule has 0 fully saturated rings. The van der Waals surface area contributed by atoms with E-state index in [9.17, 15) is 4.79 Å². The molecule has 1 amide bonds. The van der Waals surface area contributed by atoms with Crippen molar-refractivity contribution in [1.29, 1.82) is 0 Å². The highest BCUT2D eigenvalue weighted by atomic mass is 16.1. The summed E-state index contributed by atoms with van der Waals surface area (Å²) in [5.41, 5.74) is 3.17. The van der Waals surface area contributed by atoms with E-state index in [1.165, 1.54) is 0 Å². The first-order chi connectivity index (χ1) is 9.74. The highest BCUT2D eigenvalue weighted by Gasteiger charge is 2.25. The number of amides is 1. The van der Waals surface area contributed by atoms with Crippen LogP contribution in [0.1, 0.15) is 23.5 Å². The van der Waals surface area contributed by atoms with Gasteiger partial charge in [-0.05, 0) is 18.1 Å². The summed E-state index contributed by atoms with van der Waals surface area (Å²) in [6.45, 7) is 1.36. The van der Waals surface area contributed by atoms with E-state index in [4.69, 9.17) is 0 Å². The van der Waals surface area contributed by atoms with Crippen molar-refractivity contribution in [2.75, 3.05) is 11.9 Å². The van der Waals surface area contributed by atoms with Gasteiger partial charge >= 0.3 is 0 Å². The first kappa shape index (κ1) is 12.7. The van der Waals surface area contributed by atoms with Crippen molar-refractivity contribution in [2.24, 2.45) is 7.05 Å².